The molecule has 0 aromatic heterocycles. The molecule has 2 rings (SSSR count). The molecule has 0 radical (unpaired) electrons. The lowest BCUT2D eigenvalue weighted by Crippen LogP contribution is -2.47. The molecule has 2 N–H and O–H groups in total. The van der Waals surface area contributed by atoms with Gasteiger partial charge < -0.3 is 0 Å². The van der Waals surface area contributed by atoms with Gasteiger partial charge in [0.25, 0.3) is 0 Å². The predicted molar refractivity (Wildman–Crippen MR) is 104 cm³/mol. The van der Waals surface area contributed by atoms with E-state index in [0.29, 0.717) is 0 Å². The predicted octanol–water partition coefficient (Wildman–Crippen LogP) is 3.09. The van der Waals surface area contributed by atoms with Crippen LogP contribution in [0.2, 0.25) is 0 Å². The summed E-state index contributed by atoms with van der Waals surface area (Å²) in [6, 6.07) is 6.83. The minimum atomic E-state index is -6.24. The molecule has 2 aromatic rings. The summed E-state index contributed by atoms with van der Waals surface area (Å²) in [6.45, 7) is 0. The molecular weight excluding hydrogens is 514 g/mol. The minimum Gasteiger partial charge on any atom is -0.203 e. The Hall–Kier alpha value is -3.18. The van der Waals surface area contributed by atoms with Crippen molar-refractivity contribution in [1.29, 1.82) is 10.5 Å². The molecule has 0 fully saturated rings. The first-order valence-corrected chi connectivity index (χ1v) is 11.7. The molecule has 0 amide bonds. The van der Waals surface area contributed by atoms with E-state index in [1.165, 1.54) is 21.6 Å². The van der Waals surface area contributed by atoms with Crippen molar-refractivity contribution < 1.29 is 43.2 Å². The quantitative estimate of drug-likeness (QED) is 0.532. The Balaban J connectivity index is 2.83. The second-order valence-corrected chi connectivity index (χ2v) is 9.97. The molecule has 0 aliphatic carbocycles. The van der Waals surface area contributed by atoms with Crippen molar-refractivity contribution in [3.05, 3.63) is 70.8 Å². The van der Waals surface area contributed by atoms with Crippen LogP contribution in [0.1, 0.15) is 34.3 Å². The van der Waals surface area contributed by atoms with Crippen molar-refractivity contribution in [2.75, 3.05) is 0 Å². The maximum atomic E-state index is 13.1. The number of hydrogen-bond acceptors (Lipinski definition) is 6. The van der Waals surface area contributed by atoms with E-state index in [0.717, 1.165) is 36.4 Å². The van der Waals surface area contributed by atoms with Gasteiger partial charge in [0.05, 0.1) is 35.3 Å². The summed E-state index contributed by atoms with van der Waals surface area (Å²) >= 11 is 0. The molecule has 0 saturated heterocycles. The molecule has 0 spiro atoms. The first-order chi connectivity index (χ1) is 15.5. The molecule has 34 heavy (non-hydrogen) atoms. The summed E-state index contributed by atoms with van der Waals surface area (Å²) in [5.41, 5.74) is -13.2. The summed E-state index contributed by atoms with van der Waals surface area (Å²) in [5, 5.41) is 18.1. The van der Waals surface area contributed by atoms with Crippen molar-refractivity contribution >= 4 is 20.0 Å². The fourth-order valence-corrected chi connectivity index (χ4v) is 4.21. The van der Waals surface area contributed by atoms with Crippen LogP contribution in [-0.4, -0.2) is 27.9 Å². The van der Waals surface area contributed by atoms with Crippen LogP contribution in [0.15, 0.2) is 48.5 Å². The number of nitriles is 2. The molecule has 2 unspecified atom stereocenters. The van der Waals surface area contributed by atoms with Gasteiger partial charge in [-0.2, -0.15) is 46.3 Å². The fourth-order valence-electron chi connectivity index (χ4n) is 2.73. The molecule has 0 heterocycles. The Kier molecular flexibility index (Phi) is 7.63. The fraction of sp³-hybridized carbons (Fsp3) is 0.222. The lowest BCUT2D eigenvalue weighted by molar-refractivity contribution is -0.0465. The summed E-state index contributed by atoms with van der Waals surface area (Å²) in [7, 11) is -12.5. The molecule has 8 nitrogen and oxygen atoms in total. The molecule has 2 atom stereocenters. The number of nitrogens with zero attached hydrogens (tertiary/aromatic N) is 2. The number of hydrogen-bond donors (Lipinski definition) is 2. The first kappa shape index (κ1) is 27.1. The zero-order valence-electron chi connectivity index (χ0n) is 16.4. The van der Waals surface area contributed by atoms with Crippen LogP contribution >= 0.6 is 0 Å². The van der Waals surface area contributed by atoms with E-state index >= 15 is 0 Å². The average Bonchev–Trinajstić information content (AvgIpc) is 2.74. The maximum absolute atomic E-state index is 13.1. The Morgan fingerprint density at radius 1 is 0.676 bits per heavy atom. The van der Waals surface area contributed by atoms with Crippen LogP contribution < -0.4 is 9.44 Å². The SMILES string of the molecule is N#Cc1cccc(C(NS(=O)(=O)C(F)(F)F)C(NS(=O)(=O)C(F)(F)F)c2cccc(C#N)c2)c1. The van der Waals surface area contributed by atoms with E-state index in [9.17, 15) is 43.2 Å². The van der Waals surface area contributed by atoms with Gasteiger partial charge in [-0.3, -0.25) is 0 Å². The molecule has 0 aliphatic rings. The Bertz CT molecular complexity index is 1250. The Morgan fingerprint density at radius 3 is 1.26 bits per heavy atom. The van der Waals surface area contributed by atoms with E-state index < -0.39 is 54.3 Å². The van der Waals surface area contributed by atoms with Crippen molar-refractivity contribution in [2.24, 2.45) is 0 Å². The van der Waals surface area contributed by atoms with Gasteiger partial charge in [-0.25, -0.2) is 16.8 Å². The molecule has 16 heteroatoms. The van der Waals surface area contributed by atoms with Crippen molar-refractivity contribution in [3.8, 4) is 12.1 Å². The number of nitrogens with one attached hydrogen (secondary N) is 2. The molecule has 2 aromatic carbocycles. The Morgan fingerprint density at radius 2 is 1.00 bits per heavy atom. The van der Waals surface area contributed by atoms with Gasteiger partial charge in [-0.15, -0.1) is 0 Å². The van der Waals surface area contributed by atoms with Crippen LogP contribution in [-0.2, 0) is 20.0 Å². The van der Waals surface area contributed by atoms with E-state index in [2.05, 4.69) is 0 Å². The summed E-state index contributed by atoms with van der Waals surface area (Å²) in [4.78, 5) is 0. The lowest BCUT2D eigenvalue weighted by Gasteiger charge is -2.30. The van der Waals surface area contributed by atoms with Crippen molar-refractivity contribution in [1.82, 2.24) is 9.44 Å². The second-order valence-electron chi connectivity index (χ2n) is 6.56. The van der Waals surface area contributed by atoms with Gasteiger partial charge in [0.15, 0.2) is 0 Å². The van der Waals surface area contributed by atoms with Crippen LogP contribution in [0.4, 0.5) is 26.3 Å². The summed E-state index contributed by atoms with van der Waals surface area (Å²) in [5.74, 6) is 0. The van der Waals surface area contributed by atoms with Crippen molar-refractivity contribution in [3.63, 3.8) is 0 Å². The second kappa shape index (κ2) is 9.59. The monoisotopic (exact) mass is 526 g/mol. The number of sulfonamides is 2. The zero-order chi connectivity index (χ0) is 25.9. The minimum absolute atomic E-state index is 0.211. The van der Waals surface area contributed by atoms with E-state index in [1.54, 1.807) is 12.1 Å². The van der Waals surface area contributed by atoms with Crippen LogP contribution in [0.25, 0.3) is 0 Å². The lowest BCUT2D eigenvalue weighted by atomic mass is 9.93. The number of benzene rings is 2. The van der Waals surface area contributed by atoms with Gasteiger partial charge in [0, 0.05) is 0 Å². The highest BCUT2D eigenvalue weighted by Crippen LogP contribution is 2.36. The van der Waals surface area contributed by atoms with Crippen LogP contribution in [0, 0.1) is 22.7 Å². The van der Waals surface area contributed by atoms with Crippen molar-refractivity contribution in [2.45, 2.75) is 23.1 Å². The highest BCUT2D eigenvalue weighted by Gasteiger charge is 2.51. The molecule has 0 saturated carbocycles. The third-order valence-electron chi connectivity index (χ3n) is 4.26. The van der Waals surface area contributed by atoms with E-state index in [4.69, 9.17) is 10.5 Å². The summed E-state index contributed by atoms with van der Waals surface area (Å²) in [6.07, 6.45) is 0. The van der Waals surface area contributed by atoms with Crippen LogP contribution in [0.3, 0.4) is 0 Å². The van der Waals surface area contributed by atoms with E-state index in [-0.39, 0.29) is 11.1 Å². The standard InChI is InChI=1S/C18H12F6N4O4S2/c19-17(20,21)33(29,30)27-15(13-5-1-3-11(7-13)9-25)16(28-34(31,32)18(22,23)24)14-6-2-4-12(8-14)10-26/h1-8,15-16,27-28H. The Labute approximate surface area is 189 Å². The smallest absolute Gasteiger partial charge is 0.203 e. The molecule has 0 bridgehead atoms. The third-order valence-corrected chi connectivity index (χ3v) is 6.60. The van der Waals surface area contributed by atoms with Crippen LogP contribution in [0.5, 0.6) is 0 Å². The first-order valence-electron chi connectivity index (χ1n) is 8.70. The number of rotatable bonds is 7. The van der Waals surface area contributed by atoms with Gasteiger partial charge in [0.2, 0.25) is 0 Å². The highest BCUT2D eigenvalue weighted by atomic mass is 32.2. The molecule has 0 aliphatic heterocycles. The van der Waals surface area contributed by atoms with E-state index in [1.807, 2.05) is 0 Å². The topological polar surface area (TPSA) is 140 Å². The van der Waals surface area contributed by atoms with Gasteiger partial charge in [0.1, 0.15) is 0 Å². The third kappa shape index (κ3) is 6.03. The maximum Gasteiger partial charge on any atom is 0.511 e. The highest BCUT2D eigenvalue weighted by molar-refractivity contribution is 7.90. The largest absolute Gasteiger partial charge is 0.511 e. The molecular formula is C18H12F6N4O4S2. The number of alkyl halides is 6. The molecule has 182 valence electrons. The normalized spacial score (nSPS) is 14.6. The number of halogens is 6. The van der Waals surface area contributed by atoms with Gasteiger partial charge >= 0.3 is 31.1 Å². The van der Waals surface area contributed by atoms with Gasteiger partial charge in [-0.1, -0.05) is 24.3 Å². The zero-order valence-corrected chi connectivity index (χ0v) is 18.0. The summed E-state index contributed by atoms with van der Waals surface area (Å²) < 4.78 is 128. The van der Waals surface area contributed by atoms with Gasteiger partial charge in [-0.05, 0) is 35.4 Å². The average molecular weight is 526 g/mol.